The van der Waals surface area contributed by atoms with Crippen LogP contribution in [0.2, 0.25) is 0 Å². The highest BCUT2D eigenvalue weighted by molar-refractivity contribution is 5.78. The van der Waals surface area contributed by atoms with Crippen LogP contribution in [-0.4, -0.2) is 33.6 Å². The van der Waals surface area contributed by atoms with Gasteiger partial charge in [-0.15, -0.1) is 0 Å². The largest absolute Gasteiger partial charge is 0.480 e. The van der Waals surface area contributed by atoms with E-state index in [0.717, 1.165) is 17.7 Å². The van der Waals surface area contributed by atoms with E-state index in [1.54, 1.807) is 11.0 Å². The molecule has 1 aromatic heterocycles. The van der Waals surface area contributed by atoms with Crippen LogP contribution in [0, 0.1) is 6.92 Å². The number of nitrogens with zero attached hydrogens (tertiary/aromatic N) is 3. The molecule has 0 amide bonds. The molecule has 0 aliphatic carbocycles. The van der Waals surface area contributed by atoms with E-state index in [1.165, 1.54) is 0 Å². The van der Waals surface area contributed by atoms with Crippen LogP contribution in [0.4, 0.5) is 5.95 Å². The highest BCUT2D eigenvalue weighted by Gasteiger charge is 2.32. The number of aliphatic carboxylic acids is 1. The number of carbonyl (C=O) groups is 1. The van der Waals surface area contributed by atoms with Crippen LogP contribution in [0.5, 0.6) is 5.88 Å². The third-order valence-corrected chi connectivity index (χ3v) is 3.84. The minimum atomic E-state index is -0.834. The summed E-state index contributed by atoms with van der Waals surface area (Å²) in [6.07, 6.45) is 1.45. The summed E-state index contributed by atoms with van der Waals surface area (Å²) in [6, 6.07) is 11.0. The normalized spacial score (nSPS) is 17.3. The predicted molar refractivity (Wildman–Crippen MR) is 85.5 cm³/mol. The lowest BCUT2D eigenvalue weighted by atomic mass is 10.2. The summed E-state index contributed by atoms with van der Waals surface area (Å²) in [7, 11) is 0. The Bertz CT molecular complexity index is 691. The van der Waals surface area contributed by atoms with E-state index in [2.05, 4.69) is 9.97 Å². The molecule has 1 unspecified atom stereocenters. The SMILES string of the molecule is Cc1cc(OCc2ccccc2)nc(N2CCCC2C(=O)O)n1. The second-order valence-electron chi connectivity index (χ2n) is 5.61. The summed E-state index contributed by atoms with van der Waals surface area (Å²) < 4.78 is 5.74. The van der Waals surface area contributed by atoms with Crippen molar-refractivity contribution in [3.8, 4) is 5.88 Å². The Labute approximate surface area is 134 Å². The molecule has 0 saturated carbocycles. The van der Waals surface area contributed by atoms with Crippen molar-refractivity contribution in [2.75, 3.05) is 11.4 Å². The molecule has 1 aliphatic heterocycles. The fourth-order valence-corrected chi connectivity index (χ4v) is 2.72. The number of carboxylic acids is 1. The first kappa shape index (κ1) is 15.3. The highest BCUT2D eigenvalue weighted by atomic mass is 16.5. The zero-order valence-electron chi connectivity index (χ0n) is 13.0. The summed E-state index contributed by atoms with van der Waals surface area (Å²) in [5.74, 6) is 0.0599. The van der Waals surface area contributed by atoms with E-state index in [9.17, 15) is 9.90 Å². The van der Waals surface area contributed by atoms with Crippen LogP contribution in [0.1, 0.15) is 24.1 Å². The van der Waals surface area contributed by atoms with Crippen molar-refractivity contribution in [1.82, 2.24) is 9.97 Å². The van der Waals surface area contributed by atoms with Crippen molar-refractivity contribution in [3.05, 3.63) is 47.7 Å². The van der Waals surface area contributed by atoms with Gasteiger partial charge in [-0.2, -0.15) is 4.98 Å². The van der Waals surface area contributed by atoms with Gasteiger partial charge in [0.25, 0.3) is 0 Å². The molecule has 2 heterocycles. The third kappa shape index (κ3) is 3.59. The predicted octanol–water partition coefficient (Wildman–Crippen LogP) is 2.42. The lowest BCUT2D eigenvalue weighted by molar-refractivity contribution is -0.138. The van der Waals surface area contributed by atoms with Gasteiger partial charge in [0.1, 0.15) is 12.6 Å². The molecule has 3 rings (SSSR count). The summed E-state index contributed by atoms with van der Waals surface area (Å²) in [5.41, 5.74) is 1.81. The average molecular weight is 313 g/mol. The van der Waals surface area contributed by atoms with Crippen molar-refractivity contribution in [3.63, 3.8) is 0 Å². The van der Waals surface area contributed by atoms with E-state index in [0.29, 0.717) is 31.4 Å². The van der Waals surface area contributed by atoms with Gasteiger partial charge in [0, 0.05) is 18.3 Å². The molecule has 6 heteroatoms. The van der Waals surface area contributed by atoms with Crippen molar-refractivity contribution in [2.45, 2.75) is 32.4 Å². The Morgan fingerprint density at radius 2 is 2.13 bits per heavy atom. The smallest absolute Gasteiger partial charge is 0.326 e. The Kier molecular flexibility index (Phi) is 4.41. The molecular formula is C17H19N3O3. The second-order valence-corrected chi connectivity index (χ2v) is 5.61. The third-order valence-electron chi connectivity index (χ3n) is 3.84. The summed E-state index contributed by atoms with van der Waals surface area (Å²) in [4.78, 5) is 21.8. The van der Waals surface area contributed by atoms with Gasteiger partial charge in [-0.05, 0) is 25.3 Å². The van der Waals surface area contributed by atoms with Crippen molar-refractivity contribution in [1.29, 1.82) is 0 Å². The number of anilines is 1. The van der Waals surface area contributed by atoms with E-state index in [4.69, 9.17) is 4.74 Å². The van der Waals surface area contributed by atoms with Gasteiger partial charge in [-0.25, -0.2) is 9.78 Å². The standard InChI is InChI=1S/C17H19N3O3/c1-12-10-15(23-11-13-6-3-2-4-7-13)19-17(18-12)20-9-5-8-14(20)16(21)22/h2-4,6-7,10,14H,5,8-9,11H2,1H3,(H,21,22). The van der Waals surface area contributed by atoms with Gasteiger partial charge in [-0.1, -0.05) is 30.3 Å². The zero-order valence-corrected chi connectivity index (χ0v) is 13.0. The minimum Gasteiger partial charge on any atom is -0.480 e. The van der Waals surface area contributed by atoms with Gasteiger partial charge >= 0.3 is 5.97 Å². The molecule has 1 saturated heterocycles. The first-order valence-electron chi connectivity index (χ1n) is 7.65. The molecular weight excluding hydrogens is 294 g/mol. The number of benzene rings is 1. The van der Waals surface area contributed by atoms with Crippen molar-refractivity contribution in [2.24, 2.45) is 0 Å². The van der Waals surface area contributed by atoms with Crippen LogP contribution >= 0.6 is 0 Å². The Morgan fingerprint density at radius 1 is 1.35 bits per heavy atom. The monoisotopic (exact) mass is 313 g/mol. The number of ether oxygens (including phenoxy) is 1. The van der Waals surface area contributed by atoms with Gasteiger partial charge in [0.05, 0.1) is 0 Å². The number of carboxylic acid groups (broad SMARTS) is 1. The Balaban J connectivity index is 1.78. The maximum Gasteiger partial charge on any atom is 0.326 e. The average Bonchev–Trinajstić information content (AvgIpc) is 3.03. The number of hydrogen-bond acceptors (Lipinski definition) is 5. The number of hydrogen-bond donors (Lipinski definition) is 1. The maximum absolute atomic E-state index is 11.3. The molecule has 1 aliphatic rings. The molecule has 1 atom stereocenters. The highest BCUT2D eigenvalue weighted by Crippen LogP contribution is 2.25. The van der Waals surface area contributed by atoms with Crippen molar-refractivity contribution >= 4 is 11.9 Å². The lowest BCUT2D eigenvalue weighted by Gasteiger charge is -2.22. The molecule has 1 fully saturated rings. The molecule has 0 bridgehead atoms. The minimum absolute atomic E-state index is 0.416. The van der Waals surface area contributed by atoms with Crippen LogP contribution in [0.25, 0.3) is 0 Å². The quantitative estimate of drug-likeness (QED) is 0.913. The van der Waals surface area contributed by atoms with E-state index in [1.807, 2.05) is 37.3 Å². The lowest BCUT2D eigenvalue weighted by Crippen LogP contribution is -2.37. The number of aryl methyl sites for hydroxylation is 1. The second kappa shape index (κ2) is 6.64. The Morgan fingerprint density at radius 3 is 2.87 bits per heavy atom. The van der Waals surface area contributed by atoms with Crippen LogP contribution < -0.4 is 9.64 Å². The van der Waals surface area contributed by atoms with Gasteiger partial charge in [-0.3, -0.25) is 0 Å². The topological polar surface area (TPSA) is 75.5 Å². The molecule has 0 spiro atoms. The first-order chi connectivity index (χ1) is 11.1. The van der Waals surface area contributed by atoms with E-state index in [-0.39, 0.29) is 0 Å². The molecule has 0 radical (unpaired) electrons. The summed E-state index contributed by atoms with van der Waals surface area (Å²) >= 11 is 0. The fraction of sp³-hybridized carbons (Fsp3) is 0.353. The molecule has 23 heavy (non-hydrogen) atoms. The molecule has 6 nitrogen and oxygen atoms in total. The fourth-order valence-electron chi connectivity index (χ4n) is 2.72. The van der Waals surface area contributed by atoms with Gasteiger partial charge in [0.2, 0.25) is 11.8 Å². The zero-order chi connectivity index (χ0) is 16.2. The van der Waals surface area contributed by atoms with E-state index >= 15 is 0 Å². The van der Waals surface area contributed by atoms with Crippen LogP contribution in [-0.2, 0) is 11.4 Å². The van der Waals surface area contributed by atoms with Gasteiger partial charge < -0.3 is 14.7 Å². The summed E-state index contributed by atoms with van der Waals surface area (Å²) in [5, 5.41) is 9.31. The molecule has 2 aromatic rings. The number of aromatic nitrogens is 2. The summed E-state index contributed by atoms with van der Waals surface area (Å²) in [6.45, 7) is 2.92. The number of rotatable bonds is 5. The maximum atomic E-state index is 11.3. The van der Waals surface area contributed by atoms with Gasteiger partial charge in [0.15, 0.2) is 0 Å². The van der Waals surface area contributed by atoms with Crippen LogP contribution in [0.3, 0.4) is 0 Å². The molecule has 1 N–H and O–H groups in total. The van der Waals surface area contributed by atoms with Crippen LogP contribution in [0.15, 0.2) is 36.4 Å². The molecule has 1 aromatic carbocycles. The first-order valence-corrected chi connectivity index (χ1v) is 7.65. The van der Waals surface area contributed by atoms with Crippen molar-refractivity contribution < 1.29 is 14.6 Å². The molecule has 120 valence electrons. The van der Waals surface area contributed by atoms with E-state index < -0.39 is 12.0 Å². The Hall–Kier alpha value is -2.63.